The van der Waals surface area contributed by atoms with Gasteiger partial charge in [-0.3, -0.25) is 4.79 Å². The van der Waals surface area contributed by atoms with Crippen LogP contribution in [0.3, 0.4) is 0 Å². The summed E-state index contributed by atoms with van der Waals surface area (Å²) < 4.78 is 14.1. The Balaban J connectivity index is 2.42. The van der Waals surface area contributed by atoms with E-state index in [9.17, 15) is 9.18 Å². The molecule has 100 valence electrons. The second kappa shape index (κ2) is 5.09. The Morgan fingerprint density at radius 2 is 2.11 bits per heavy atom. The Bertz CT molecular complexity index is 617. The zero-order chi connectivity index (χ0) is 14.2. The number of nitrogens with zero attached hydrogens (tertiary/aromatic N) is 1. The van der Waals surface area contributed by atoms with Crippen molar-refractivity contribution < 1.29 is 14.3 Å². The van der Waals surface area contributed by atoms with Crippen LogP contribution in [0.1, 0.15) is 29.0 Å². The van der Waals surface area contributed by atoms with Gasteiger partial charge in [-0.05, 0) is 38.5 Å². The van der Waals surface area contributed by atoms with E-state index in [0.717, 1.165) is 10.6 Å². The van der Waals surface area contributed by atoms with Crippen molar-refractivity contribution in [1.29, 1.82) is 0 Å². The van der Waals surface area contributed by atoms with Crippen molar-refractivity contribution in [2.24, 2.45) is 0 Å². The lowest BCUT2D eigenvalue weighted by atomic mass is 10.00. The standard InChI is InChI=1S/C14H14FNO2S/c1-7(14(17)18)10-4-5-11(12(15)6-10)13-16-8(2)9(3)19-13/h4-7H,1-3H3,(H,17,18). The lowest BCUT2D eigenvalue weighted by Crippen LogP contribution is -2.07. The molecule has 0 fully saturated rings. The predicted octanol–water partition coefficient (Wildman–Crippen LogP) is 3.75. The van der Waals surface area contributed by atoms with Crippen LogP contribution < -0.4 is 0 Å². The highest BCUT2D eigenvalue weighted by Crippen LogP contribution is 2.30. The van der Waals surface area contributed by atoms with E-state index in [-0.39, 0.29) is 0 Å². The molecule has 19 heavy (non-hydrogen) atoms. The van der Waals surface area contributed by atoms with E-state index in [0.29, 0.717) is 16.1 Å². The molecule has 3 nitrogen and oxygen atoms in total. The Kier molecular flexibility index (Phi) is 3.66. The number of hydrogen-bond acceptors (Lipinski definition) is 3. The number of halogens is 1. The molecule has 2 rings (SSSR count). The zero-order valence-corrected chi connectivity index (χ0v) is 11.7. The fourth-order valence-electron chi connectivity index (χ4n) is 1.70. The van der Waals surface area contributed by atoms with Crippen molar-refractivity contribution in [3.63, 3.8) is 0 Å². The smallest absolute Gasteiger partial charge is 0.310 e. The molecule has 2 aromatic rings. The van der Waals surface area contributed by atoms with Gasteiger partial charge in [-0.2, -0.15) is 0 Å². The number of carbonyl (C=O) groups is 1. The number of aromatic nitrogens is 1. The van der Waals surface area contributed by atoms with Gasteiger partial charge in [-0.25, -0.2) is 9.37 Å². The molecule has 1 N–H and O–H groups in total. The third-order valence-corrected chi connectivity index (χ3v) is 4.23. The minimum absolute atomic E-state index is 0.419. The highest BCUT2D eigenvalue weighted by molar-refractivity contribution is 7.15. The van der Waals surface area contributed by atoms with Crippen molar-refractivity contribution in [3.8, 4) is 10.6 Å². The van der Waals surface area contributed by atoms with Crippen LogP contribution in [0, 0.1) is 19.7 Å². The fraction of sp³-hybridized carbons (Fsp3) is 0.286. The van der Waals surface area contributed by atoms with Crippen LogP contribution in [-0.2, 0) is 4.79 Å². The van der Waals surface area contributed by atoms with Gasteiger partial charge in [-0.15, -0.1) is 11.3 Å². The second-order valence-corrected chi connectivity index (χ2v) is 5.66. The van der Waals surface area contributed by atoms with Crippen LogP contribution in [0.2, 0.25) is 0 Å². The molecule has 1 aromatic carbocycles. The minimum Gasteiger partial charge on any atom is -0.481 e. The van der Waals surface area contributed by atoms with Crippen LogP contribution in [0.15, 0.2) is 18.2 Å². The third-order valence-electron chi connectivity index (χ3n) is 3.12. The van der Waals surface area contributed by atoms with Crippen LogP contribution in [0.5, 0.6) is 0 Å². The highest BCUT2D eigenvalue weighted by Gasteiger charge is 2.17. The average molecular weight is 279 g/mol. The number of aliphatic carboxylic acids is 1. The van der Waals surface area contributed by atoms with Crippen LogP contribution >= 0.6 is 11.3 Å². The Morgan fingerprint density at radius 3 is 2.58 bits per heavy atom. The Morgan fingerprint density at radius 1 is 1.42 bits per heavy atom. The Hall–Kier alpha value is -1.75. The number of benzene rings is 1. The first-order chi connectivity index (χ1) is 8.90. The Labute approximate surface area is 114 Å². The summed E-state index contributed by atoms with van der Waals surface area (Å²) >= 11 is 1.43. The largest absolute Gasteiger partial charge is 0.481 e. The van der Waals surface area contributed by atoms with Crippen molar-refractivity contribution in [2.75, 3.05) is 0 Å². The normalized spacial score (nSPS) is 12.4. The van der Waals surface area contributed by atoms with E-state index < -0.39 is 17.7 Å². The number of hydrogen-bond donors (Lipinski definition) is 1. The molecule has 0 radical (unpaired) electrons. The van der Waals surface area contributed by atoms with Gasteiger partial charge in [0.25, 0.3) is 0 Å². The third kappa shape index (κ3) is 2.66. The summed E-state index contributed by atoms with van der Waals surface area (Å²) in [5.41, 5.74) is 1.77. The molecular formula is C14H14FNO2S. The van der Waals surface area contributed by atoms with E-state index in [1.807, 2.05) is 13.8 Å². The summed E-state index contributed by atoms with van der Waals surface area (Å²) in [7, 11) is 0. The first kappa shape index (κ1) is 13.7. The molecule has 1 unspecified atom stereocenters. The quantitative estimate of drug-likeness (QED) is 0.930. The average Bonchev–Trinajstić information content (AvgIpc) is 2.68. The van der Waals surface area contributed by atoms with Crippen LogP contribution in [0.25, 0.3) is 10.6 Å². The maximum atomic E-state index is 14.1. The number of aryl methyl sites for hydroxylation is 2. The van der Waals surface area contributed by atoms with Crippen molar-refractivity contribution in [1.82, 2.24) is 4.98 Å². The van der Waals surface area contributed by atoms with Gasteiger partial charge in [-0.1, -0.05) is 6.07 Å². The van der Waals surface area contributed by atoms with Crippen molar-refractivity contribution in [3.05, 3.63) is 40.2 Å². The molecule has 0 saturated heterocycles. The SMILES string of the molecule is Cc1nc(-c2ccc(C(C)C(=O)O)cc2F)sc1C. The molecule has 0 aliphatic rings. The van der Waals surface area contributed by atoms with Gasteiger partial charge >= 0.3 is 5.97 Å². The molecule has 0 aliphatic heterocycles. The van der Waals surface area contributed by atoms with Crippen molar-refractivity contribution >= 4 is 17.3 Å². The van der Waals surface area contributed by atoms with Crippen LogP contribution in [-0.4, -0.2) is 16.1 Å². The van der Waals surface area contributed by atoms with Crippen molar-refractivity contribution in [2.45, 2.75) is 26.7 Å². The summed E-state index contributed by atoms with van der Waals surface area (Å²) in [6, 6.07) is 4.52. The van der Waals surface area contributed by atoms with E-state index in [2.05, 4.69) is 4.98 Å². The molecule has 5 heteroatoms. The lowest BCUT2D eigenvalue weighted by Gasteiger charge is -2.08. The van der Waals surface area contributed by atoms with Gasteiger partial charge in [0.05, 0.1) is 11.6 Å². The molecule has 0 saturated carbocycles. The molecule has 1 atom stereocenters. The topological polar surface area (TPSA) is 50.2 Å². The van der Waals surface area contributed by atoms with E-state index in [1.165, 1.54) is 24.3 Å². The number of thiazole rings is 1. The van der Waals surface area contributed by atoms with E-state index in [4.69, 9.17) is 5.11 Å². The summed E-state index contributed by atoms with van der Waals surface area (Å²) in [5, 5.41) is 9.55. The molecule has 0 aliphatic carbocycles. The van der Waals surface area contributed by atoms with Crippen LogP contribution in [0.4, 0.5) is 4.39 Å². The van der Waals surface area contributed by atoms with Gasteiger partial charge in [0.2, 0.25) is 0 Å². The molecule has 0 amide bonds. The van der Waals surface area contributed by atoms with Gasteiger partial charge in [0.15, 0.2) is 0 Å². The molecule has 1 heterocycles. The maximum Gasteiger partial charge on any atom is 0.310 e. The van der Waals surface area contributed by atoms with E-state index >= 15 is 0 Å². The first-order valence-corrected chi connectivity index (χ1v) is 6.68. The molecule has 0 spiro atoms. The lowest BCUT2D eigenvalue weighted by molar-refractivity contribution is -0.138. The summed E-state index contributed by atoms with van der Waals surface area (Å²) in [4.78, 5) is 16.2. The highest BCUT2D eigenvalue weighted by atomic mass is 32.1. The number of rotatable bonds is 3. The molecule has 0 bridgehead atoms. The second-order valence-electron chi connectivity index (χ2n) is 4.46. The summed E-state index contributed by atoms with van der Waals surface area (Å²) in [6.45, 7) is 5.36. The summed E-state index contributed by atoms with van der Waals surface area (Å²) in [5.74, 6) is -2.12. The number of carboxylic acid groups (broad SMARTS) is 1. The summed E-state index contributed by atoms with van der Waals surface area (Å²) in [6.07, 6.45) is 0. The van der Waals surface area contributed by atoms with Gasteiger partial charge < -0.3 is 5.11 Å². The molecular weight excluding hydrogens is 265 g/mol. The van der Waals surface area contributed by atoms with E-state index in [1.54, 1.807) is 12.1 Å². The van der Waals surface area contributed by atoms with Gasteiger partial charge in [0, 0.05) is 10.4 Å². The zero-order valence-electron chi connectivity index (χ0n) is 10.9. The minimum atomic E-state index is -0.965. The molecule has 1 aromatic heterocycles. The predicted molar refractivity (Wildman–Crippen MR) is 73.0 cm³/mol. The fourth-order valence-corrected chi connectivity index (χ4v) is 2.65. The first-order valence-electron chi connectivity index (χ1n) is 5.86. The maximum absolute atomic E-state index is 14.1. The number of carboxylic acids is 1. The monoisotopic (exact) mass is 279 g/mol. The van der Waals surface area contributed by atoms with Gasteiger partial charge in [0.1, 0.15) is 10.8 Å².